The molecule has 4 aromatic rings. The van der Waals surface area contributed by atoms with Crippen LogP contribution in [0.1, 0.15) is 23.6 Å². The first kappa shape index (κ1) is 27.8. The monoisotopic (exact) mass is 538 g/mol. The highest BCUT2D eigenvalue weighted by atomic mass is 16.4. The molecule has 4 N–H and O–H groups in total. The smallest absolute Gasteiger partial charge is 0.326 e. The number of hydrogen-bond donors (Lipinski definition) is 4. The Labute approximate surface area is 231 Å². The number of carboxylic acid groups (broad SMARTS) is 1. The number of carboxylic acids is 1. The quantitative estimate of drug-likeness (QED) is 0.247. The third-order valence-electron chi connectivity index (χ3n) is 6.36. The lowest BCUT2D eigenvalue weighted by Crippen LogP contribution is -2.41. The van der Waals surface area contributed by atoms with Crippen LogP contribution >= 0.6 is 0 Å². The maximum Gasteiger partial charge on any atom is 0.326 e. The van der Waals surface area contributed by atoms with Gasteiger partial charge in [-0.05, 0) is 59.5 Å². The minimum Gasteiger partial charge on any atom is -0.480 e. The topological polar surface area (TPSA) is 130 Å². The van der Waals surface area contributed by atoms with Crippen molar-refractivity contribution in [3.63, 3.8) is 0 Å². The fourth-order valence-corrected chi connectivity index (χ4v) is 4.27. The van der Waals surface area contributed by atoms with Crippen LogP contribution in [-0.4, -0.2) is 33.6 Å². The van der Waals surface area contributed by atoms with Gasteiger partial charge in [0.15, 0.2) is 0 Å². The van der Waals surface area contributed by atoms with Crippen LogP contribution < -0.4 is 21.5 Å². The number of urea groups is 1. The van der Waals surface area contributed by atoms with E-state index in [1.165, 1.54) is 6.92 Å². The van der Waals surface area contributed by atoms with Gasteiger partial charge in [-0.3, -0.25) is 9.59 Å². The molecular weight excluding hydrogens is 508 g/mol. The molecule has 0 bridgehead atoms. The number of nitrogens with one attached hydrogen (secondary N) is 3. The first-order chi connectivity index (χ1) is 19.2. The van der Waals surface area contributed by atoms with Crippen molar-refractivity contribution in [1.82, 2.24) is 9.88 Å². The van der Waals surface area contributed by atoms with Crippen LogP contribution in [0.3, 0.4) is 0 Å². The number of aryl methyl sites for hydroxylation is 1. The maximum absolute atomic E-state index is 13.2. The number of carbonyl (C=O) groups excluding carboxylic acids is 2. The number of hydrogen-bond acceptors (Lipinski definition) is 4. The van der Waals surface area contributed by atoms with E-state index in [0.29, 0.717) is 17.8 Å². The highest BCUT2D eigenvalue weighted by Crippen LogP contribution is 2.20. The average Bonchev–Trinajstić information content (AvgIpc) is 2.92. The molecule has 0 fully saturated rings. The van der Waals surface area contributed by atoms with Gasteiger partial charge in [0, 0.05) is 36.5 Å². The zero-order chi connectivity index (χ0) is 28.6. The summed E-state index contributed by atoms with van der Waals surface area (Å²) in [5.74, 6) is -1.50. The summed E-state index contributed by atoms with van der Waals surface area (Å²) in [4.78, 5) is 48.3. The number of amides is 3. The van der Waals surface area contributed by atoms with Crippen molar-refractivity contribution in [2.24, 2.45) is 0 Å². The Bertz CT molecular complexity index is 1580. The van der Waals surface area contributed by atoms with Crippen LogP contribution in [0, 0.1) is 6.92 Å². The molecule has 0 aliphatic rings. The second kappa shape index (κ2) is 12.6. The van der Waals surface area contributed by atoms with Gasteiger partial charge < -0.3 is 25.6 Å². The number of aliphatic carboxylic acids is 1. The van der Waals surface area contributed by atoms with Gasteiger partial charge in [-0.25, -0.2) is 9.59 Å². The molecule has 1 aromatic heterocycles. The lowest BCUT2D eigenvalue weighted by atomic mass is 10.0. The van der Waals surface area contributed by atoms with Crippen molar-refractivity contribution in [2.75, 3.05) is 10.6 Å². The van der Waals surface area contributed by atoms with E-state index < -0.39 is 17.9 Å². The summed E-state index contributed by atoms with van der Waals surface area (Å²) in [6.07, 6.45) is 1.87. The molecule has 3 aromatic carbocycles. The summed E-state index contributed by atoms with van der Waals surface area (Å²) >= 11 is 0. The van der Waals surface area contributed by atoms with E-state index in [-0.39, 0.29) is 18.0 Å². The Morgan fingerprint density at radius 1 is 0.850 bits per heavy atom. The van der Waals surface area contributed by atoms with Crippen molar-refractivity contribution in [1.29, 1.82) is 0 Å². The predicted octanol–water partition coefficient (Wildman–Crippen LogP) is 4.65. The summed E-state index contributed by atoms with van der Waals surface area (Å²) in [6.45, 7) is 3.53. The van der Waals surface area contributed by atoms with Crippen molar-refractivity contribution < 1.29 is 19.5 Å². The Morgan fingerprint density at radius 2 is 1.52 bits per heavy atom. The highest BCUT2D eigenvalue weighted by Gasteiger charge is 2.18. The first-order valence-electron chi connectivity index (χ1n) is 12.7. The SMILES string of the molecule is CC(=O)NC(Cc1ccc(Cn2cccc(-c3ccc(NC(=O)Nc4ccccc4C)cc3)c2=O)cc1)C(=O)O. The lowest BCUT2D eigenvalue weighted by Gasteiger charge is -2.14. The van der Waals surface area contributed by atoms with Gasteiger partial charge in [-0.1, -0.05) is 54.6 Å². The van der Waals surface area contributed by atoms with Crippen LogP contribution in [-0.2, 0) is 22.6 Å². The number of carbonyl (C=O) groups is 3. The summed E-state index contributed by atoms with van der Waals surface area (Å²) in [5.41, 5.74) is 4.98. The van der Waals surface area contributed by atoms with Crippen LogP contribution in [0.5, 0.6) is 0 Å². The van der Waals surface area contributed by atoms with E-state index >= 15 is 0 Å². The third kappa shape index (κ3) is 7.22. The second-order valence-corrected chi connectivity index (χ2v) is 9.44. The summed E-state index contributed by atoms with van der Waals surface area (Å²) < 4.78 is 1.60. The largest absolute Gasteiger partial charge is 0.480 e. The van der Waals surface area contributed by atoms with E-state index in [1.807, 2.05) is 43.3 Å². The number of nitrogens with zero attached hydrogens (tertiary/aromatic N) is 1. The van der Waals surface area contributed by atoms with Crippen LogP contribution in [0.25, 0.3) is 11.1 Å². The molecule has 0 saturated heterocycles. The van der Waals surface area contributed by atoms with Crippen molar-refractivity contribution in [3.8, 4) is 11.1 Å². The Morgan fingerprint density at radius 3 is 2.17 bits per heavy atom. The molecule has 0 aliphatic heterocycles. The number of rotatable bonds is 9. The zero-order valence-corrected chi connectivity index (χ0v) is 22.2. The molecule has 1 atom stereocenters. The number of para-hydroxylation sites is 1. The fraction of sp³-hybridized carbons (Fsp3) is 0.161. The highest BCUT2D eigenvalue weighted by molar-refractivity contribution is 6.00. The number of aromatic nitrogens is 1. The average molecular weight is 539 g/mol. The molecule has 4 rings (SSSR count). The Hall–Kier alpha value is -5.18. The van der Waals surface area contributed by atoms with Gasteiger partial charge in [-0.2, -0.15) is 0 Å². The third-order valence-corrected chi connectivity index (χ3v) is 6.36. The molecular formula is C31H30N4O5. The van der Waals surface area contributed by atoms with Crippen molar-refractivity contribution in [2.45, 2.75) is 32.9 Å². The van der Waals surface area contributed by atoms with E-state index in [9.17, 15) is 24.3 Å². The predicted molar refractivity (Wildman–Crippen MR) is 154 cm³/mol. The maximum atomic E-state index is 13.2. The van der Waals surface area contributed by atoms with Crippen molar-refractivity contribution >= 4 is 29.3 Å². The van der Waals surface area contributed by atoms with Gasteiger partial charge in [0.1, 0.15) is 6.04 Å². The van der Waals surface area contributed by atoms with E-state index in [2.05, 4.69) is 16.0 Å². The lowest BCUT2D eigenvalue weighted by molar-refractivity contribution is -0.141. The molecule has 40 heavy (non-hydrogen) atoms. The normalized spacial score (nSPS) is 11.3. The molecule has 0 saturated carbocycles. The summed E-state index contributed by atoms with van der Waals surface area (Å²) in [6, 6.07) is 24.0. The van der Waals surface area contributed by atoms with E-state index in [0.717, 1.165) is 27.9 Å². The van der Waals surface area contributed by atoms with Crippen LogP contribution in [0.15, 0.2) is 95.9 Å². The van der Waals surface area contributed by atoms with Gasteiger partial charge in [-0.15, -0.1) is 0 Å². The zero-order valence-electron chi connectivity index (χ0n) is 22.2. The van der Waals surface area contributed by atoms with Crippen LogP contribution in [0.2, 0.25) is 0 Å². The molecule has 204 valence electrons. The number of pyridine rings is 1. The van der Waals surface area contributed by atoms with Gasteiger partial charge >= 0.3 is 12.0 Å². The molecule has 9 heteroatoms. The molecule has 1 heterocycles. The molecule has 3 amide bonds. The summed E-state index contributed by atoms with van der Waals surface area (Å²) in [5, 5.41) is 17.4. The second-order valence-electron chi connectivity index (χ2n) is 9.44. The van der Waals surface area contributed by atoms with Gasteiger partial charge in [0.2, 0.25) is 5.91 Å². The van der Waals surface area contributed by atoms with Gasteiger partial charge in [0.25, 0.3) is 5.56 Å². The van der Waals surface area contributed by atoms with Gasteiger partial charge in [0.05, 0.1) is 6.54 Å². The number of anilines is 2. The Balaban J connectivity index is 1.42. The molecule has 0 radical (unpaired) electrons. The molecule has 1 unspecified atom stereocenters. The minimum atomic E-state index is -1.10. The molecule has 9 nitrogen and oxygen atoms in total. The fourth-order valence-electron chi connectivity index (χ4n) is 4.27. The van der Waals surface area contributed by atoms with E-state index in [1.54, 1.807) is 59.3 Å². The molecule has 0 aliphatic carbocycles. The van der Waals surface area contributed by atoms with E-state index in [4.69, 9.17) is 0 Å². The minimum absolute atomic E-state index is 0.156. The number of benzene rings is 3. The first-order valence-corrected chi connectivity index (χ1v) is 12.7. The summed E-state index contributed by atoms with van der Waals surface area (Å²) in [7, 11) is 0. The Kier molecular flexibility index (Phi) is 8.75. The standard InChI is InChI=1S/C31H30N4O5/c1-20-6-3-4-8-27(20)34-31(40)33-25-15-13-24(14-16-25)26-7-5-17-35(29(26)37)19-23-11-9-22(10-12-23)18-28(30(38)39)32-21(2)36/h3-17,28H,18-19H2,1-2H3,(H,32,36)(H,38,39)(H2,33,34,40). The van der Waals surface area contributed by atoms with Crippen molar-refractivity contribution in [3.05, 3.63) is 118 Å². The van der Waals surface area contributed by atoms with Crippen LogP contribution in [0.4, 0.5) is 16.2 Å². The molecule has 0 spiro atoms.